The highest BCUT2D eigenvalue weighted by molar-refractivity contribution is 8.68. The number of aliphatic hydroxyl groups is 2. The van der Waals surface area contributed by atoms with Gasteiger partial charge in [-0.15, -0.1) is 6.42 Å². The van der Waals surface area contributed by atoms with E-state index in [1.165, 1.54) is 44.4 Å². The highest BCUT2D eigenvalue weighted by Crippen LogP contribution is 2.14. The van der Waals surface area contributed by atoms with E-state index in [9.17, 15) is 28.0 Å². The van der Waals surface area contributed by atoms with E-state index in [1.54, 1.807) is 47.4 Å². The molecule has 0 saturated carbocycles. The first-order valence-corrected chi connectivity index (χ1v) is 45.2. The van der Waals surface area contributed by atoms with Gasteiger partial charge in [0.1, 0.15) is 13.3 Å². The molecule has 0 radical (unpaired) electrons. The lowest BCUT2D eigenvalue weighted by Gasteiger charge is -2.01. The SMILES string of the molecule is C.C.C#CC#CC#CC#CC#CC#CC#CC#CC#CC#CC#CC#CC#CC#CC#CC.CC#CC#CC#CC#CC#CC#CC#CC#CC#CC#CC#CC#CC#CC#CC#CC.CCNCC.C[C@H]1C[C@H](CF)NC1=O.C[C@H]1C[C@H](CO)NC1=O.N[C@H]1C[C@H](CF)NC1=O.N[C@H]1C[C@H](CO)NC1=O.S=S=S=S=S.S=S=S=S=S=S=S. The molecule has 0 aromatic heterocycles. The van der Waals surface area contributed by atoms with Gasteiger partial charge in [-0.2, -0.15) is 0 Å². The van der Waals surface area contributed by atoms with Crippen LogP contribution in [0.25, 0.3) is 0 Å². The van der Waals surface area contributed by atoms with Gasteiger partial charge in [-0.05, 0) is 249 Å². The Labute approximate surface area is 741 Å². The Bertz CT molecular complexity index is 5700. The Kier molecular flexibility index (Phi) is 100. The van der Waals surface area contributed by atoms with Crippen LogP contribution in [0, 0.1) is 368 Å². The van der Waals surface area contributed by atoms with Gasteiger partial charge in [-0.25, -0.2) is 8.78 Å². The number of carbonyl (C=O) groups excluding carboxylic acids is 4. The molecule has 4 aliphatic heterocycles. The molecular formula is C91H69F2N7O6S12. The Morgan fingerprint density at radius 2 is 0.525 bits per heavy atom. The lowest BCUT2D eigenvalue weighted by Crippen LogP contribution is -2.32. The van der Waals surface area contributed by atoms with Crippen molar-refractivity contribution in [1.29, 1.82) is 0 Å². The van der Waals surface area contributed by atoms with Crippen LogP contribution in [-0.2, 0) is 135 Å². The molecule has 8 atom stereocenters. The number of nitrogens with two attached hydrogens (primary N) is 2. The summed E-state index contributed by atoms with van der Waals surface area (Å²) in [4.78, 5) is 42.5. The third-order valence-electron chi connectivity index (χ3n) is 10.5. The molecule has 4 fully saturated rings. The van der Waals surface area contributed by atoms with E-state index < -0.39 is 25.4 Å². The Morgan fingerprint density at radius 1 is 0.339 bits per heavy atom. The van der Waals surface area contributed by atoms with Gasteiger partial charge in [0.25, 0.3) is 0 Å². The van der Waals surface area contributed by atoms with Crippen LogP contribution in [0.5, 0.6) is 0 Å². The number of aliphatic hydroxyl groups excluding tert-OH is 2. The van der Waals surface area contributed by atoms with Gasteiger partial charge in [-0.3, -0.25) is 19.2 Å². The second-order valence-corrected chi connectivity index (χ2v) is 32.9. The smallest absolute Gasteiger partial charge is 0.237 e. The Balaban J connectivity index is -0.000000258. The maximum absolute atomic E-state index is 11.8. The summed E-state index contributed by atoms with van der Waals surface area (Å²) in [5.41, 5.74) is 10.6. The lowest BCUT2D eigenvalue weighted by atomic mass is 10.1. The van der Waals surface area contributed by atoms with Gasteiger partial charge in [0.05, 0.1) is 49.5 Å². The van der Waals surface area contributed by atoms with Crippen LogP contribution in [0.4, 0.5) is 8.78 Å². The van der Waals surface area contributed by atoms with E-state index in [0.29, 0.717) is 19.3 Å². The molecule has 0 aliphatic carbocycles. The van der Waals surface area contributed by atoms with E-state index in [1.807, 2.05) is 13.8 Å². The predicted octanol–water partition coefficient (Wildman–Crippen LogP) is 0.974. The third-order valence-corrected chi connectivity index (χ3v) is 23.9. The fourth-order valence-electron chi connectivity index (χ4n) is 5.99. The number of amides is 4. The summed E-state index contributed by atoms with van der Waals surface area (Å²) < 4.78 is 23.6. The molecule has 0 bridgehead atoms. The number of hydrogen-bond acceptors (Lipinski definition) is 13. The summed E-state index contributed by atoms with van der Waals surface area (Å²) in [7, 11) is 11.3. The average molecular weight is 1780 g/mol. The number of hydrogen-bond donors (Lipinski definition) is 9. The largest absolute Gasteiger partial charge is 0.394 e. The van der Waals surface area contributed by atoms with E-state index in [4.69, 9.17) is 28.1 Å². The van der Waals surface area contributed by atoms with Crippen molar-refractivity contribution in [1.82, 2.24) is 26.6 Å². The summed E-state index contributed by atoms with van der Waals surface area (Å²) >= 11 is 18.0. The molecule has 4 saturated heterocycles. The number of alkyl halides is 2. The topological polar surface area (TPSA) is 221 Å². The van der Waals surface area contributed by atoms with Crippen molar-refractivity contribution in [2.75, 3.05) is 39.7 Å². The monoisotopic (exact) mass is 1780 g/mol. The van der Waals surface area contributed by atoms with Gasteiger partial charge in [0.15, 0.2) is 0 Å². The lowest BCUT2D eigenvalue weighted by molar-refractivity contribution is -0.123. The predicted molar refractivity (Wildman–Crippen MR) is 504 cm³/mol. The molecular weight excluding hydrogens is 1710 g/mol. The van der Waals surface area contributed by atoms with Crippen molar-refractivity contribution in [2.24, 2.45) is 23.3 Å². The van der Waals surface area contributed by atoms with Crippen LogP contribution < -0.4 is 38.1 Å². The third kappa shape index (κ3) is 91.9. The summed E-state index contributed by atoms with van der Waals surface area (Å²) in [6.45, 7) is 14.2. The van der Waals surface area contributed by atoms with Crippen molar-refractivity contribution >= 4 is 139 Å². The van der Waals surface area contributed by atoms with Crippen molar-refractivity contribution in [2.45, 2.75) is 125 Å². The van der Waals surface area contributed by atoms with Crippen LogP contribution in [0.1, 0.15) is 89.0 Å². The van der Waals surface area contributed by atoms with Gasteiger partial charge < -0.3 is 48.3 Å². The quantitative estimate of drug-likeness (QED) is 0.170. The Hall–Kier alpha value is -13.0. The van der Waals surface area contributed by atoms with E-state index >= 15 is 0 Å². The fraction of sp³-hybridized carbons (Fsp3) is 0.297. The number of halogens is 2. The maximum atomic E-state index is 11.8. The zero-order valence-corrected chi connectivity index (χ0v) is 72.4. The van der Waals surface area contributed by atoms with Crippen molar-refractivity contribution in [3.05, 3.63) is 0 Å². The van der Waals surface area contributed by atoms with E-state index in [-0.39, 0.29) is 87.7 Å². The molecule has 0 spiro atoms. The number of rotatable bonds is 6. The van der Waals surface area contributed by atoms with E-state index in [0.717, 1.165) is 19.5 Å². The van der Waals surface area contributed by atoms with Crippen LogP contribution in [0.15, 0.2) is 0 Å². The van der Waals surface area contributed by atoms with Crippen LogP contribution in [-0.4, -0.2) is 110 Å². The van der Waals surface area contributed by atoms with Crippen LogP contribution in [0.3, 0.4) is 0 Å². The van der Waals surface area contributed by atoms with E-state index in [2.05, 4.69) is 434 Å². The van der Waals surface area contributed by atoms with Gasteiger partial charge in [-0.1, -0.05) is 60.3 Å². The summed E-state index contributed by atoms with van der Waals surface area (Å²) in [6, 6.07) is -1.58. The zero-order chi connectivity index (χ0) is 86.9. The first kappa shape index (κ1) is 118. The highest BCUT2D eigenvalue weighted by Gasteiger charge is 2.30. The van der Waals surface area contributed by atoms with Crippen molar-refractivity contribution in [3.63, 3.8) is 0 Å². The van der Waals surface area contributed by atoms with Crippen molar-refractivity contribution < 1.29 is 38.2 Å². The summed E-state index contributed by atoms with van der Waals surface area (Å²) in [6.07, 6.45) is 7.32. The molecule has 27 heteroatoms. The van der Waals surface area contributed by atoms with Gasteiger partial charge in [0, 0.05) is 270 Å². The van der Waals surface area contributed by atoms with Crippen LogP contribution in [0.2, 0.25) is 0 Å². The standard InChI is InChI=1S/C32H6.C31H4.C6H10FNO.C6H11NO2.C5H9FN2O.C5H10N2O2.C4H11N.2CH4.S7.S5/c1-3-5-7-9-11-13-15-17-19-21-23-25-27-29-31-32-30-28-26-24-22-20-18-16-14-12-10-8-6-4-2;1-3-5-7-9-11-13-15-17-19-21-23-25-27-29-31-30-28-26-24-22-20-18-16-14-12-10-8-6-4-2;1-4-2-5(3-7)8-6(4)9;1-4-2-5(3-8)7-6(4)9;6-2-3-1-4(7)5(9)8-3;6-4-1-3(2-8)7-5(4)9;1-3-5-4-2;;;1-3-5-7-6-4-2;1-3-5-4-2/h1-2H3;1H,2H3;4-5H,2-3H2,1H3,(H,8,9);4-5,8H,2-3H2,1H3,(H,7,9);3-4H,1-2,7H2,(H,8,9);3-4,8H,1-2,6H2,(H,7,9);5H,3-4H2,1-2H3;2*1H4;;/t;;2*4-,5+;2*3-,4+;;;;;/m..0011...../s1. The average Bonchev–Trinajstić information content (AvgIpc) is 1.79. The molecule has 4 rings (SSSR count). The number of terminal acetylenes is 1. The molecule has 590 valence electrons. The molecule has 0 aromatic carbocycles. The minimum Gasteiger partial charge on any atom is -0.394 e. The second-order valence-electron chi connectivity index (χ2n) is 18.7. The minimum absolute atomic E-state index is 0. The van der Waals surface area contributed by atoms with Crippen molar-refractivity contribution in [3.8, 4) is 356 Å². The molecule has 0 aromatic rings. The highest BCUT2D eigenvalue weighted by atomic mass is 33.4. The van der Waals surface area contributed by atoms with Crippen LogP contribution >= 0.6 is 0 Å². The molecule has 0 unspecified atom stereocenters. The first-order chi connectivity index (χ1) is 56.5. The maximum Gasteiger partial charge on any atom is 0.237 e. The second kappa shape index (κ2) is 100. The zero-order valence-electron chi connectivity index (χ0n) is 62.6. The number of carbonyl (C=O) groups is 4. The van der Waals surface area contributed by atoms with Gasteiger partial charge in [0.2, 0.25) is 23.6 Å². The summed E-state index contributed by atoms with van der Waals surface area (Å²) in [5, 5.41) is 30.4. The van der Waals surface area contributed by atoms with Gasteiger partial charge >= 0.3 is 0 Å². The molecule has 11 N–H and O–H groups in total. The molecule has 4 aliphatic rings. The normalized spacial score (nSPS) is 13.6. The Morgan fingerprint density at radius 3 is 0.636 bits per heavy atom. The number of nitrogens with one attached hydrogen (secondary N) is 5. The molecule has 13 nitrogen and oxygen atoms in total. The summed E-state index contributed by atoms with van der Waals surface area (Å²) in [5.74, 6) is 147. The first-order valence-electron chi connectivity index (χ1n) is 31.8. The molecule has 4 heterocycles. The fourth-order valence-corrected chi connectivity index (χ4v) is 17.0. The molecule has 4 amide bonds. The minimum atomic E-state index is -0.514. The molecule has 118 heavy (non-hydrogen) atoms.